The molecule has 0 N–H and O–H groups in total. The lowest BCUT2D eigenvalue weighted by Gasteiger charge is -2.11. The van der Waals surface area contributed by atoms with Gasteiger partial charge >= 0.3 is 0 Å². The maximum absolute atomic E-state index is 5.08. The summed E-state index contributed by atoms with van der Waals surface area (Å²) < 4.78 is 2.65. The van der Waals surface area contributed by atoms with Gasteiger partial charge in [0.15, 0.2) is 17.5 Å². The zero-order valence-corrected chi connectivity index (χ0v) is 28.3. The average molecular weight is 668 g/mol. The molecule has 0 saturated heterocycles. The van der Waals surface area contributed by atoms with Gasteiger partial charge in [0.05, 0.1) is 0 Å². The average Bonchev–Trinajstić information content (AvgIpc) is 3.60. The van der Waals surface area contributed by atoms with Crippen molar-refractivity contribution < 1.29 is 0 Å². The van der Waals surface area contributed by atoms with Crippen LogP contribution in [0.15, 0.2) is 176 Å². The van der Waals surface area contributed by atoms with E-state index in [4.69, 9.17) is 15.0 Å². The standard InChI is InChI=1S/C47H29N3S/c1-3-11-30(12-4-1)33-15-9-17-37(28-33)46-48-45(32-13-5-2-6-14-32)49-47(50-46)38-18-10-16-34(29-38)35-23-25-39-36(27-35)22-21-31-24-26-42-44(43(31)39)40-19-7-8-20-41(40)51-42/h1-29H. The predicted molar refractivity (Wildman–Crippen MR) is 215 cm³/mol. The highest BCUT2D eigenvalue weighted by Gasteiger charge is 2.15. The lowest BCUT2D eigenvalue weighted by molar-refractivity contribution is 1.07. The van der Waals surface area contributed by atoms with Gasteiger partial charge in [0.1, 0.15) is 0 Å². The van der Waals surface area contributed by atoms with Gasteiger partial charge < -0.3 is 0 Å². The summed E-state index contributed by atoms with van der Waals surface area (Å²) in [7, 11) is 0. The third-order valence-electron chi connectivity index (χ3n) is 9.69. The molecule has 0 aliphatic carbocycles. The van der Waals surface area contributed by atoms with Crippen LogP contribution in [0.3, 0.4) is 0 Å². The van der Waals surface area contributed by atoms with Crippen molar-refractivity contribution in [3.63, 3.8) is 0 Å². The number of hydrogen-bond acceptors (Lipinski definition) is 4. The quantitative estimate of drug-likeness (QED) is 0.171. The Morgan fingerprint density at radius 2 is 0.824 bits per heavy atom. The Bertz CT molecular complexity index is 2910. The smallest absolute Gasteiger partial charge is 0.164 e. The van der Waals surface area contributed by atoms with Crippen molar-refractivity contribution >= 4 is 53.1 Å². The third kappa shape index (κ3) is 5.25. The fourth-order valence-electron chi connectivity index (χ4n) is 7.21. The Morgan fingerprint density at radius 3 is 1.55 bits per heavy atom. The van der Waals surface area contributed by atoms with Crippen molar-refractivity contribution in [2.75, 3.05) is 0 Å². The largest absolute Gasteiger partial charge is 0.208 e. The van der Waals surface area contributed by atoms with Crippen LogP contribution in [0, 0.1) is 0 Å². The third-order valence-corrected chi connectivity index (χ3v) is 10.8. The zero-order chi connectivity index (χ0) is 33.7. The minimum Gasteiger partial charge on any atom is -0.208 e. The number of aromatic nitrogens is 3. The summed E-state index contributed by atoms with van der Waals surface area (Å²) in [5.74, 6) is 1.94. The van der Waals surface area contributed by atoms with Crippen LogP contribution >= 0.6 is 11.3 Å². The van der Waals surface area contributed by atoms with Crippen LogP contribution in [0.5, 0.6) is 0 Å². The Labute approximate surface area is 299 Å². The molecule has 51 heavy (non-hydrogen) atoms. The molecule has 2 aromatic heterocycles. The molecule has 0 bridgehead atoms. The molecule has 0 unspecified atom stereocenters. The topological polar surface area (TPSA) is 38.7 Å². The Kier molecular flexibility index (Phi) is 7.00. The molecule has 8 aromatic carbocycles. The van der Waals surface area contributed by atoms with Gasteiger partial charge in [-0.25, -0.2) is 15.0 Å². The molecule has 0 amide bonds. The summed E-state index contributed by atoms with van der Waals surface area (Å²) in [6.07, 6.45) is 0. The van der Waals surface area contributed by atoms with Gasteiger partial charge in [-0.3, -0.25) is 0 Å². The van der Waals surface area contributed by atoms with Crippen molar-refractivity contribution in [3.8, 4) is 56.4 Å². The second-order valence-corrected chi connectivity index (χ2v) is 13.9. The molecule has 0 atom stereocenters. The molecule has 0 aliphatic heterocycles. The van der Waals surface area contributed by atoms with Crippen LogP contribution in [-0.2, 0) is 0 Å². The number of rotatable bonds is 5. The van der Waals surface area contributed by atoms with Gasteiger partial charge in [-0.05, 0) is 74.1 Å². The summed E-state index contributed by atoms with van der Waals surface area (Å²) in [5.41, 5.74) is 7.38. The summed E-state index contributed by atoms with van der Waals surface area (Å²) in [6, 6.07) is 62.1. The van der Waals surface area contributed by atoms with E-state index in [9.17, 15) is 0 Å². The highest BCUT2D eigenvalue weighted by Crippen LogP contribution is 2.42. The van der Waals surface area contributed by atoms with E-state index >= 15 is 0 Å². The van der Waals surface area contributed by atoms with E-state index < -0.39 is 0 Å². The minimum atomic E-state index is 0.643. The van der Waals surface area contributed by atoms with Crippen molar-refractivity contribution in [1.29, 1.82) is 0 Å². The molecule has 238 valence electrons. The molecule has 0 fully saturated rings. The van der Waals surface area contributed by atoms with Gasteiger partial charge in [-0.15, -0.1) is 11.3 Å². The summed E-state index contributed by atoms with van der Waals surface area (Å²) in [6.45, 7) is 0. The molecule has 4 heteroatoms. The highest BCUT2D eigenvalue weighted by molar-refractivity contribution is 7.26. The molecule has 3 nitrogen and oxygen atoms in total. The summed E-state index contributed by atoms with van der Waals surface area (Å²) in [4.78, 5) is 15.1. The van der Waals surface area contributed by atoms with E-state index in [0.29, 0.717) is 17.5 Å². The predicted octanol–water partition coefficient (Wildman–Crippen LogP) is 12.9. The fourth-order valence-corrected chi connectivity index (χ4v) is 8.32. The van der Waals surface area contributed by atoms with Gasteiger partial charge in [0.25, 0.3) is 0 Å². The molecule has 10 rings (SSSR count). The van der Waals surface area contributed by atoms with Crippen molar-refractivity contribution in [2.45, 2.75) is 0 Å². The molecule has 0 radical (unpaired) electrons. The zero-order valence-electron chi connectivity index (χ0n) is 27.5. The van der Waals surface area contributed by atoms with E-state index in [1.807, 2.05) is 47.7 Å². The van der Waals surface area contributed by atoms with Gasteiger partial charge in [0.2, 0.25) is 0 Å². The van der Waals surface area contributed by atoms with Crippen LogP contribution in [0.25, 0.3) is 98.1 Å². The van der Waals surface area contributed by atoms with Gasteiger partial charge in [0, 0.05) is 36.9 Å². The van der Waals surface area contributed by atoms with E-state index in [0.717, 1.165) is 38.9 Å². The second kappa shape index (κ2) is 12.1. The van der Waals surface area contributed by atoms with E-state index in [1.165, 1.54) is 41.7 Å². The number of nitrogens with zero attached hydrogens (tertiary/aromatic N) is 3. The van der Waals surface area contributed by atoms with Crippen LogP contribution < -0.4 is 0 Å². The SMILES string of the molecule is c1ccc(-c2cccc(-c3nc(-c4ccccc4)nc(-c4cccc(-c5ccc6c(ccc7ccc8sc9ccccc9c8c76)c5)c4)n3)c2)cc1. The summed E-state index contributed by atoms with van der Waals surface area (Å²) in [5, 5.41) is 7.76. The van der Waals surface area contributed by atoms with Crippen molar-refractivity contribution in [1.82, 2.24) is 15.0 Å². The van der Waals surface area contributed by atoms with Crippen molar-refractivity contribution in [2.24, 2.45) is 0 Å². The Hall–Kier alpha value is -6.49. The maximum Gasteiger partial charge on any atom is 0.164 e. The van der Waals surface area contributed by atoms with Crippen LogP contribution in [-0.4, -0.2) is 15.0 Å². The Balaban J connectivity index is 1.09. The van der Waals surface area contributed by atoms with Crippen LogP contribution in [0.2, 0.25) is 0 Å². The molecule has 10 aromatic rings. The number of benzene rings is 8. The molecule has 0 aliphatic rings. The summed E-state index contributed by atoms with van der Waals surface area (Å²) >= 11 is 1.87. The Morgan fingerprint density at radius 1 is 0.294 bits per heavy atom. The normalized spacial score (nSPS) is 11.5. The van der Waals surface area contributed by atoms with Crippen molar-refractivity contribution in [3.05, 3.63) is 176 Å². The first-order valence-corrected chi connectivity index (χ1v) is 17.9. The minimum absolute atomic E-state index is 0.643. The van der Waals surface area contributed by atoms with Gasteiger partial charge in [-0.1, -0.05) is 146 Å². The molecular formula is C47H29N3S. The molecular weight excluding hydrogens is 639 g/mol. The lowest BCUT2D eigenvalue weighted by Crippen LogP contribution is -2.00. The van der Waals surface area contributed by atoms with E-state index in [2.05, 4.69) is 140 Å². The molecule has 0 saturated carbocycles. The van der Waals surface area contributed by atoms with Crippen LogP contribution in [0.1, 0.15) is 0 Å². The van der Waals surface area contributed by atoms with E-state index in [-0.39, 0.29) is 0 Å². The first kappa shape index (κ1) is 29.4. The highest BCUT2D eigenvalue weighted by atomic mass is 32.1. The second-order valence-electron chi connectivity index (χ2n) is 12.8. The fraction of sp³-hybridized carbons (Fsp3) is 0. The first-order valence-electron chi connectivity index (χ1n) is 17.1. The number of hydrogen-bond donors (Lipinski definition) is 0. The van der Waals surface area contributed by atoms with E-state index in [1.54, 1.807) is 0 Å². The maximum atomic E-state index is 5.08. The lowest BCUT2D eigenvalue weighted by atomic mass is 9.94. The molecule has 2 heterocycles. The monoisotopic (exact) mass is 667 g/mol. The molecule has 0 spiro atoms. The van der Waals surface area contributed by atoms with Crippen LogP contribution in [0.4, 0.5) is 0 Å². The first-order chi connectivity index (χ1) is 25.2. The number of fused-ring (bicyclic) bond motifs is 7. The number of thiophene rings is 1. The van der Waals surface area contributed by atoms with Gasteiger partial charge in [-0.2, -0.15) is 0 Å².